The minimum absolute atomic E-state index is 0.00683. The number of nitrogens with one attached hydrogen (secondary N) is 1. The molecule has 0 fully saturated rings. The fourth-order valence-corrected chi connectivity index (χ4v) is 4.49. The van der Waals surface area contributed by atoms with Crippen LogP contribution in [0.1, 0.15) is 22.8 Å². The van der Waals surface area contributed by atoms with E-state index < -0.39 is 0 Å². The number of fused-ring (bicyclic) bond motifs is 1. The predicted octanol–water partition coefficient (Wildman–Crippen LogP) is 5.79. The Morgan fingerprint density at radius 2 is 1.83 bits per heavy atom. The van der Waals surface area contributed by atoms with Gasteiger partial charge in [0.05, 0.1) is 5.69 Å². The van der Waals surface area contributed by atoms with Crippen LogP contribution in [-0.4, -0.2) is 5.91 Å². The van der Waals surface area contributed by atoms with Gasteiger partial charge in [-0.3, -0.25) is 4.79 Å². The predicted molar refractivity (Wildman–Crippen MR) is 98.9 cm³/mol. The Morgan fingerprint density at radius 3 is 2.58 bits per heavy atom. The average Bonchev–Trinajstić information content (AvgIpc) is 2.99. The summed E-state index contributed by atoms with van der Waals surface area (Å²) in [6, 6.07) is 14.7. The quantitative estimate of drug-likeness (QED) is 0.578. The van der Waals surface area contributed by atoms with E-state index in [1.165, 1.54) is 6.07 Å². The van der Waals surface area contributed by atoms with Gasteiger partial charge in [0.15, 0.2) is 0 Å². The van der Waals surface area contributed by atoms with E-state index in [0.29, 0.717) is 12.0 Å². The zero-order chi connectivity index (χ0) is 16.7. The molecule has 0 bridgehead atoms. The van der Waals surface area contributed by atoms with Crippen molar-refractivity contribution in [3.8, 4) is 11.1 Å². The van der Waals surface area contributed by atoms with Crippen LogP contribution in [0.2, 0.25) is 0 Å². The molecule has 4 rings (SSSR count). The molecule has 2 nitrogen and oxygen atoms in total. The summed E-state index contributed by atoms with van der Waals surface area (Å²) in [5.41, 5.74) is 3.11. The van der Waals surface area contributed by atoms with Crippen molar-refractivity contribution < 1.29 is 9.18 Å². The Balaban J connectivity index is 1.83. The first-order valence-electron chi connectivity index (χ1n) is 7.55. The highest BCUT2D eigenvalue weighted by Crippen LogP contribution is 2.47. The maximum absolute atomic E-state index is 14.2. The highest BCUT2D eigenvalue weighted by atomic mass is 79.9. The SMILES string of the molecule is O=C1CC(c2ccc(Br)cc2)c2scc(-c3ccccc3F)c2N1. The fraction of sp³-hybridized carbons (Fsp3) is 0.105. The van der Waals surface area contributed by atoms with Crippen LogP contribution in [0.4, 0.5) is 10.1 Å². The molecule has 0 radical (unpaired) electrons. The van der Waals surface area contributed by atoms with E-state index in [2.05, 4.69) is 21.2 Å². The Morgan fingerprint density at radius 1 is 1.08 bits per heavy atom. The van der Waals surface area contributed by atoms with Crippen molar-refractivity contribution in [1.82, 2.24) is 0 Å². The van der Waals surface area contributed by atoms with E-state index in [0.717, 1.165) is 26.2 Å². The number of carbonyl (C=O) groups excluding carboxylic acids is 1. The molecule has 5 heteroatoms. The Bertz CT molecular complexity index is 919. The molecule has 2 aromatic carbocycles. The second kappa shape index (κ2) is 6.15. The molecule has 1 atom stereocenters. The molecular weight excluding hydrogens is 389 g/mol. The van der Waals surface area contributed by atoms with Crippen molar-refractivity contribution in [2.24, 2.45) is 0 Å². The second-order valence-corrected chi connectivity index (χ2v) is 7.55. The number of hydrogen-bond donors (Lipinski definition) is 1. The molecule has 3 aromatic rings. The van der Waals surface area contributed by atoms with Crippen molar-refractivity contribution in [2.45, 2.75) is 12.3 Å². The van der Waals surface area contributed by atoms with E-state index in [1.807, 2.05) is 29.6 Å². The van der Waals surface area contributed by atoms with Crippen LogP contribution in [0.3, 0.4) is 0 Å². The molecule has 1 aliphatic rings. The summed E-state index contributed by atoms with van der Waals surface area (Å²) in [6.45, 7) is 0. The van der Waals surface area contributed by atoms with Crippen LogP contribution >= 0.6 is 27.3 Å². The first-order valence-corrected chi connectivity index (χ1v) is 9.22. The molecule has 24 heavy (non-hydrogen) atoms. The third kappa shape index (κ3) is 2.68. The molecule has 120 valence electrons. The zero-order valence-electron chi connectivity index (χ0n) is 12.6. The largest absolute Gasteiger partial charge is 0.325 e. The summed E-state index contributed by atoms with van der Waals surface area (Å²) >= 11 is 5.01. The van der Waals surface area contributed by atoms with E-state index in [1.54, 1.807) is 29.5 Å². The van der Waals surface area contributed by atoms with Crippen molar-refractivity contribution in [1.29, 1.82) is 0 Å². The molecule has 1 N–H and O–H groups in total. The van der Waals surface area contributed by atoms with Crippen LogP contribution in [0, 0.1) is 5.82 Å². The third-order valence-electron chi connectivity index (χ3n) is 4.23. The first-order chi connectivity index (χ1) is 11.6. The summed E-state index contributed by atoms with van der Waals surface area (Å²) in [5.74, 6) is -0.308. The van der Waals surface area contributed by atoms with Crippen molar-refractivity contribution in [3.05, 3.63) is 74.6 Å². The van der Waals surface area contributed by atoms with Gasteiger partial charge in [-0.1, -0.05) is 46.3 Å². The van der Waals surface area contributed by atoms with Gasteiger partial charge in [0.1, 0.15) is 5.82 Å². The summed E-state index contributed by atoms with van der Waals surface area (Å²) < 4.78 is 15.2. The van der Waals surface area contributed by atoms with E-state index in [-0.39, 0.29) is 17.6 Å². The van der Waals surface area contributed by atoms with Crippen LogP contribution < -0.4 is 5.32 Å². The van der Waals surface area contributed by atoms with Gasteiger partial charge >= 0.3 is 0 Å². The lowest BCUT2D eigenvalue weighted by Gasteiger charge is -2.24. The number of amides is 1. The summed E-state index contributed by atoms with van der Waals surface area (Å²) in [4.78, 5) is 13.3. The second-order valence-electron chi connectivity index (χ2n) is 5.72. The molecule has 1 amide bonds. The lowest BCUT2D eigenvalue weighted by atomic mass is 9.89. The molecule has 0 spiro atoms. The van der Waals surface area contributed by atoms with Crippen molar-refractivity contribution in [3.63, 3.8) is 0 Å². The van der Waals surface area contributed by atoms with Gasteiger partial charge in [0.2, 0.25) is 5.91 Å². The summed E-state index contributed by atoms with van der Waals surface area (Å²) in [5, 5.41) is 4.87. The fourth-order valence-electron chi connectivity index (χ4n) is 3.07. The number of benzene rings is 2. The summed E-state index contributed by atoms with van der Waals surface area (Å²) in [6.07, 6.45) is 0.409. The number of hydrogen-bond acceptors (Lipinski definition) is 2. The van der Waals surface area contributed by atoms with Gasteiger partial charge in [0, 0.05) is 38.2 Å². The molecular formula is C19H13BrFNOS. The molecule has 1 aliphatic heterocycles. The van der Waals surface area contributed by atoms with E-state index >= 15 is 0 Å². The lowest BCUT2D eigenvalue weighted by Crippen LogP contribution is -2.22. The van der Waals surface area contributed by atoms with Gasteiger partial charge in [-0.2, -0.15) is 0 Å². The third-order valence-corrected chi connectivity index (χ3v) is 5.85. The van der Waals surface area contributed by atoms with Crippen LogP contribution in [0.15, 0.2) is 58.4 Å². The monoisotopic (exact) mass is 401 g/mol. The van der Waals surface area contributed by atoms with Gasteiger partial charge in [-0.15, -0.1) is 11.3 Å². The number of anilines is 1. The lowest BCUT2D eigenvalue weighted by molar-refractivity contribution is -0.116. The Labute approximate surface area is 151 Å². The van der Waals surface area contributed by atoms with Crippen LogP contribution in [0.25, 0.3) is 11.1 Å². The molecule has 1 unspecified atom stereocenters. The molecule has 0 aliphatic carbocycles. The van der Waals surface area contributed by atoms with E-state index in [4.69, 9.17) is 0 Å². The average molecular weight is 402 g/mol. The minimum Gasteiger partial charge on any atom is -0.325 e. The highest BCUT2D eigenvalue weighted by Gasteiger charge is 2.30. The number of rotatable bonds is 2. The Kier molecular flexibility index (Phi) is 3.98. The maximum atomic E-state index is 14.2. The topological polar surface area (TPSA) is 29.1 Å². The van der Waals surface area contributed by atoms with Gasteiger partial charge in [0.25, 0.3) is 0 Å². The zero-order valence-corrected chi connectivity index (χ0v) is 15.0. The Hall–Kier alpha value is -1.98. The molecule has 1 aromatic heterocycles. The normalized spacial score (nSPS) is 16.6. The first kappa shape index (κ1) is 15.5. The molecule has 0 saturated carbocycles. The van der Waals surface area contributed by atoms with Gasteiger partial charge in [-0.05, 0) is 23.8 Å². The number of halogens is 2. The van der Waals surface area contributed by atoms with Gasteiger partial charge < -0.3 is 5.32 Å². The van der Waals surface area contributed by atoms with E-state index in [9.17, 15) is 9.18 Å². The van der Waals surface area contributed by atoms with Crippen LogP contribution in [-0.2, 0) is 4.79 Å². The van der Waals surface area contributed by atoms with Crippen LogP contribution in [0.5, 0.6) is 0 Å². The highest BCUT2D eigenvalue weighted by molar-refractivity contribution is 9.10. The minimum atomic E-state index is -0.280. The van der Waals surface area contributed by atoms with Crippen molar-refractivity contribution >= 4 is 38.9 Å². The number of thiophene rings is 1. The molecule has 2 heterocycles. The standard InChI is InChI=1S/C19H13BrFNOS/c20-12-7-5-11(6-8-12)14-9-17(23)22-18-15(10-24-19(14)18)13-3-1-2-4-16(13)21/h1-8,10,14H,9H2,(H,22,23). The summed E-state index contributed by atoms with van der Waals surface area (Å²) in [7, 11) is 0. The maximum Gasteiger partial charge on any atom is 0.225 e. The number of carbonyl (C=O) groups is 1. The van der Waals surface area contributed by atoms with Gasteiger partial charge in [-0.25, -0.2) is 4.39 Å². The van der Waals surface area contributed by atoms with Crippen molar-refractivity contribution in [2.75, 3.05) is 5.32 Å². The smallest absolute Gasteiger partial charge is 0.225 e. The molecule has 0 saturated heterocycles.